The summed E-state index contributed by atoms with van der Waals surface area (Å²) in [6.07, 6.45) is 1.84. The average Bonchev–Trinajstić information content (AvgIpc) is 2.79. The lowest BCUT2D eigenvalue weighted by molar-refractivity contribution is 0.862. The van der Waals surface area contributed by atoms with E-state index in [2.05, 4.69) is 16.1 Å². The van der Waals surface area contributed by atoms with E-state index in [1.165, 1.54) is 0 Å². The Bertz CT molecular complexity index is 776. The van der Waals surface area contributed by atoms with Crippen LogP contribution in [0, 0.1) is 0 Å². The van der Waals surface area contributed by atoms with Crippen LogP contribution >= 0.6 is 23.2 Å². The van der Waals surface area contributed by atoms with Crippen LogP contribution in [0.25, 0.3) is 22.4 Å². The van der Waals surface area contributed by atoms with E-state index in [-0.39, 0.29) is 0 Å². The zero-order valence-electron chi connectivity index (χ0n) is 10.7. The summed E-state index contributed by atoms with van der Waals surface area (Å²) in [7, 11) is 0. The number of hydrogen-bond donors (Lipinski definition) is 0. The van der Waals surface area contributed by atoms with E-state index >= 15 is 0 Å². The van der Waals surface area contributed by atoms with Gasteiger partial charge >= 0.3 is 0 Å². The number of benzene rings is 2. The minimum atomic E-state index is 0.516. The van der Waals surface area contributed by atoms with E-state index in [0.29, 0.717) is 16.6 Å². The molecule has 0 radical (unpaired) electrons. The van der Waals surface area contributed by atoms with Gasteiger partial charge in [0.25, 0.3) is 0 Å². The van der Waals surface area contributed by atoms with Gasteiger partial charge in [0.1, 0.15) is 5.82 Å². The van der Waals surface area contributed by atoms with Crippen molar-refractivity contribution in [2.75, 3.05) is 0 Å². The zero-order valence-corrected chi connectivity index (χ0v) is 12.2. The smallest absolute Gasteiger partial charge is 0.141 e. The first-order chi connectivity index (χ1) is 9.70. The Balaban J connectivity index is 2.31. The first-order valence-corrected chi connectivity index (χ1v) is 6.98. The van der Waals surface area contributed by atoms with Gasteiger partial charge in [-0.3, -0.25) is 0 Å². The van der Waals surface area contributed by atoms with Crippen LogP contribution in [-0.2, 0) is 6.54 Å². The number of nitrogens with zero attached hydrogens (tertiary/aromatic N) is 2. The number of halogens is 2. The van der Waals surface area contributed by atoms with Crippen LogP contribution in [0.4, 0.5) is 0 Å². The fraction of sp³-hybridized carbons (Fsp3) is 0.0625. The van der Waals surface area contributed by atoms with Gasteiger partial charge in [-0.15, -0.1) is 6.58 Å². The summed E-state index contributed by atoms with van der Waals surface area (Å²) >= 11 is 12.2. The number of imidazole rings is 1. The largest absolute Gasteiger partial charge is 0.320 e. The SMILES string of the molecule is C=CCn1c(-c2ccccc2)nc2cc(Cl)c(Cl)cc21. The Morgan fingerprint density at radius 1 is 1.10 bits per heavy atom. The summed E-state index contributed by atoms with van der Waals surface area (Å²) in [6, 6.07) is 13.7. The second-order valence-corrected chi connectivity index (χ2v) is 5.27. The average molecular weight is 303 g/mol. The molecule has 2 aromatic carbocycles. The van der Waals surface area contributed by atoms with E-state index < -0.39 is 0 Å². The molecule has 3 aromatic rings. The van der Waals surface area contributed by atoms with Crippen LogP contribution in [0.5, 0.6) is 0 Å². The third kappa shape index (κ3) is 2.21. The van der Waals surface area contributed by atoms with Crippen molar-refractivity contribution >= 4 is 34.2 Å². The van der Waals surface area contributed by atoms with Gasteiger partial charge in [-0.1, -0.05) is 59.6 Å². The molecular weight excluding hydrogens is 291 g/mol. The lowest BCUT2D eigenvalue weighted by Crippen LogP contribution is -1.98. The summed E-state index contributed by atoms with van der Waals surface area (Å²) in [6.45, 7) is 4.47. The topological polar surface area (TPSA) is 17.8 Å². The van der Waals surface area contributed by atoms with E-state index in [4.69, 9.17) is 23.2 Å². The number of hydrogen-bond acceptors (Lipinski definition) is 1. The summed E-state index contributed by atoms with van der Waals surface area (Å²) in [5.74, 6) is 0.888. The molecule has 3 rings (SSSR count). The molecule has 0 spiro atoms. The molecule has 0 fully saturated rings. The summed E-state index contributed by atoms with van der Waals surface area (Å²) < 4.78 is 2.08. The standard InChI is InChI=1S/C16H12Cl2N2/c1-2-8-20-15-10-13(18)12(17)9-14(15)19-16(20)11-6-4-3-5-7-11/h2-7,9-10H,1,8H2. The van der Waals surface area contributed by atoms with Crippen LogP contribution < -0.4 is 0 Å². The van der Waals surface area contributed by atoms with E-state index in [1.54, 1.807) is 6.07 Å². The van der Waals surface area contributed by atoms with Gasteiger partial charge in [-0.25, -0.2) is 4.98 Å². The molecule has 0 saturated heterocycles. The lowest BCUT2D eigenvalue weighted by atomic mass is 10.2. The van der Waals surface area contributed by atoms with Crippen LogP contribution in [0.3, 0.4) is 0 Å². The van der Waals surface area contributed by atoms with Crippen molar-refractivity contribution in [1.82, 2.24) is 9.55 Å². The maximum atomic E-state index is 6.12. The third-order valence-electron chi connectivity index (χ3n) is 3.13. The zero-order chi connectivity index (χ0) is 14.1. The Labute approximate surface area is 127 Å². The molecule has 0 aliphatic carbocycles. The highest BCUT2D eigenvalue weighted by molar-refractivity contribution is 6.42. The molecule has 0 N–H and O–H groups in total. The van der Waals surface area contributed by atoms with E-state index in [0.717, 1.165) is 22.4 Å². The van der Waals surface area contributed by atoms with Crippen molar-refractivity contribution < 1.29 is 0 Å². The fourth-order valence-electron chi connectivity index (χ4n) is 2.24. The molecule has 0 aliphatic rings. The van der Waals surface area contributed by atoms with Gasteiger partial charge in [0.15, 0.2) is 0 Å². The third-order valence-corrected chi connectivity index (χ3v) is 3.86. The molecule has 0 saturated carbocycles. The molecule has 0 aliphatic heterocycles. The van der Waals surface area contributed by atoms with Gasteiger partial charge in [-0.05, 0) is 12.1 Å². The first-order valence-electron chi connectivity index (χ1n) is 6.22. The number of rotatable bonds is 3. The van der Waals surface area contributed by atoms with Gasteiger partial charge in [0.05, 0.1) is 21.1 Å². The monoisotopic (exact) mass is 302 g/mol. The Morgan fingerprint density at radius 2 is 1.80 bits per heavy atom. The van der Waals surface area contributed by atoms with Crippen LogP contribution in [-0.4, -0.2) is 9.55 Å². The van der Waals surface area contributed by atoms with Gasteiger partial charge in [0, 0.05) is 12.1 Å². The minimum Gasteiger partial charge on any atom is -0.320 e. The summed E-state index contributed by atoms with van der Waals surface area (Å²) in [5, 5.41) is 1.05. The van der Waals surface area contributed by atoms with E-state index in [1.807, 2.05) is 42.5 Å². The highest BCUT2D eigenvalue weighted by atomic mass is 35.5. The quantitative estimate of drug-likeness (QED) is 0.608. The number of allylic oxidation sites excluding steroid dienone is 1. The Morgan fingerprint density at radius 3 is 2.50 bits per heavy atom. The Hall–Kier alpha value is -1.77. The highest BCUT2D eigenvalue weighted by Gasteiger charge is 2.13. The Kier molecular flexibility index (Phi) is 3.51. The first kappa shape index (κ1) is 13.2. The molecule has 0 atom stereocenters. The van der Waals surface area contributed by atoms with Crippen molar-refractivity contribution in [3.8, 4) is 11.4 Å². The summed E-state index contributed by atoms with van der Waals surface area (Å²) in [4.78, 5) is 4.68. The molecule has 1 heterocycles. The molecule has 20 heavy (non-hydrogen) atoms. The summed E-state index contributed by atoms with van der Waals surface area (Å²) in [5.41, 5.74) is 2.84. The van der Waals surface area contributed by atoms with Crippen molar-refractivity contribution in [3.63, 3.8) is 0 Å². The fourth-order valence-corrected chi connectivity index (χ4v) is 2.56. The van der Waals surface area contributed by atoms with Crippen LogP contribution in [0.1, 0.15) is 0 Å². The molecule has 0 amide bonds. The van der Waals surface area contributed by atoms with Crippen molar-refractivity contribution in [2.45, 2.75) is 6.54 Å². The van der Waals surface area contributed by atoms with Gasteiger partial charge in [-0.2, -0.15) is 0 Å². The molecule has 1 aromatic heterocycles. The van der Waals surface area contributed by atoms with Crippen LogP contribution in [0.2, 0.25) is 10.0 Å². The number of aromatic nitrogens is 2. The molecule has 0 unspecified atom stereocenters. The molecule has 100 valence electrons. The lowest BCUT2D eigenvalue weighted by Gasteiger charge is -2.06. The normalized spacial score (nSPS) is 10.9. The molecular formula is C16H12Cl2N2. The van der Waals surface area contributed by atoms with Gasteiger partial charge in [0.2, 0.25) is 0 Å². The minimum absolute atomic E-state index is 0.516. The predicted octanol–water partition coefficient (Wildman–Crippen LogP) is 5.20. The van der Waals surface area contributed by atoms with Gasteiger partial charge < -0.3 is 4.57 Å². The predicted molar refractivity (Wildman–Crippen MR) is 85.4 cm³/mol. The van der Waals surface area contributed by atoms with Crippen LogP contribution in [0.15, 0.2) is 55.1 Å². The van der Waals surface area contributed by atoms with E-state index in [9.17, 15) is 0 Å². The maximum Gasteiger partial charge on any atom is 0.141 e. The van der Waals surface area contributed by atoms with Crippen molar-refractivity contribution in [3.05, 3.63) is 65.2 Å². The molecule has 2 nitrogen and oxygen atoms in total. The second kappa shape index (κ2) is 5.31. The second-order valence-electron chi connectivity index (χ2n) is 4.46. The van der Waals surface area contributed by atoms with Crippen molar-refractivity contribution in [2.24, 2.45) is 0 Å². The van der Waals surface area contributed by atoms with Crippen molar-refractivity contribution in [1.29, 1.82) is 0 Å². The molecule has 4 heteroatoms. The number of fused-ring (bicyclic) bond motifs is 1. The highest BCUT2D eigenvalue weighted by Crippen LogP contribution is 2.31. The molecule has 0 bridgehead atoms. The maximum absolute atomic E-state index is 6.12.